The van der Waals surface area contributed by atoms with Crippen molar-refractivity contribution in [1.82, 2.24) is 26.2 Å². The van der Waals surface area contributed by atoms with Crippen LogP contribution >= 0.6 is 0 Å². The number of ether oxygens (including phenoxy) is 1. The van der Waals surface area contributed by atoms with E-state index in [1.807, 2.05) is 20.8 Å². The van der Waals surface area contributed by atoms with Crippen LogP contribution in [0.3, 0.4) is 0 Å². The highest BCUT2D eigenvalue weighted by Gasteiger charge is 2.39. The zero-order chi connectivity index (χ0) is 38.8. The van der Waals surface area contributed by atoms with Gasteiger partial charge in [0.25, 0.3) is 0 Å². The zero-order valence-electron chi connectivity index (χ0n) is 32.6. The molecule has 0 aliphatic carbocycles. The second kappa shape index (κ2) is 23.3. The van der Waals surface area contributed by atoms with E-state index in [0.29, 0.717) is 25.7 Å². The topological polar surface area (TPSA) is 209 Å². The van der Waals surface area contributed by atoms with Gasteiger partial charge in [-0.1, -0.05) is 92.9 Å². The number of esters is 1. The van der Waals surface area contributed by atoms with E-state index in [4.69, 9.17) is 10.5 Å². The maximum atomic E-state index is 14.1. The van der Waals surface area contributed by atoms with Gasteiger partial charge in [0, 0.05) is 13.6 Å². The van der Waals surface area contributed by atoms with Crippen LogP contribution in [0.2, 0.25) is 0 Å². The summed E-state index contributed by atoms with van der Waals surface area (Å²) in [6.07, 6.45) is 7.40. The van der Waals surface area contributed by atoms with E-state index in [1.54, 1.807) is 13.8 Å². The molecule has 1 aliphatic heterocycles. The van der Waals surface area contributed by atoms with E-state index in [2.05, 4.69) is 28.2 Å². The molecule has 294 valence electrons. The third-order valence-corrected chi connectivity index (χ3v) is 9.81. The van der Waals surface area contributed by atoms with Crippen molar-refractivity contribution >= 4 is 35.5 Å². The molecule has 14 heteroatoms. The Morgan fingerprint density at radius 2 is 1.31 bits per heavy atom. The first-order chi connectivity index (χ1) is 24.0. The number of rotatable bonds is 15. The van der Waals surface area contributed by atoms with Crippen molar-refractivity contribution in [3.05, 3.63) is 0 Å². The highest BCUT2D eigenvalue weighted by Crippen LogP contribution is 2.23. The third kappa shape index (κ3) is 15.1. The zero-order valence-corrected chi connectivity index (χ0v) is 32.6. The lowest BCUT2D eigenvalue weighted by Crippen LogP contribution is -2.62. The predicted octanol–water partition coefficient (Wildman–Crippen LogP) is 2.30. The van der Waals surface area contributed by atoms with Crippen LogP contribution in [0.25, 0.3) is 0 Å². The van der Waals surface area contributed by atoms with Crippen molar-refractivity contribution in [2.75, 3.05) is 13.6 Å². The molecule has 7 N–H and O–H groups in total. The number of carbonyl (C=O) groups excluding carboxylic acids is 6. The van der Waals surface area contributed by atoms with Gasteiger partial charge in [-0.25, -0.2) is 4.79 Å². The average molecular weight is 725 g/mol. The van der Waals surface area contributed by atoms with E-state index < -0.39 is 83.8 Å². The quantitative estimate of drug-likeness (QED) is 0.108. The Morgan fingerprint density at radius 1 is 0.765 bits per heavy atom. The molecule has 9 atom stereocenters. The Labute approximate surface area is 305 Å². The van der Waals surface area contributed by atoms with Crippen LogP contribution in [-0.4, -0.2) is 102 Å². The molecular weight excluding hydrogens is 656 g/mol. The molecule has 1 aliphatic rings. The van der Waals surface area contributed by atoms with Crippen LogP contribution in [0.15, 0.2) is 0 Å². The molecule has 0 radical (unpaired) electrons. The van der Waals surface area contributed by atoms with Crippen molar-refractivity contribution < 1.29 is 38.6 Å². The Morgan fingerprint density at radius 3 is 1.84 bits per heavy atom. The fourth-order valence-corrected chi connectivity index (χ4v) is 6.13. The summed E-state index contributed by atoms with van der Waals surface area (Å²) in [5.74, 6) is -5.27. The third-order valence-electron chi connectivity index (χ3n) is 9.81. The molecular formula is C37H68N6O8. The van der Waals surface area contributed by atoms with Gasteiger partial charge in [0.1, 0.15) is 36.3 Å². The fourth-order valence-electron chi connectivity index (χ4n) is 6.13. The summed E-state index contributed by atoms with van der Waals surface area (Å²) in [5.41, 5.74) is 5.85. The number of nitrogens with zero attached hydrogens (tertiary/aromatic N) is 1. The number of likely N-dealkylation sites (N-methyl/N-ethyl adjacent to an activating group) is 1. The smallest absolute Gasteiger partial charge is 0.328 e. The first-order valence-corrected chi connectivity index (χ1v) is 19.1. The molecule has 14 nitrogen and oxygen atoms in total. The van der Waals surface area contributed by atoms with E-state index in [1.165, 1.54) is 45.1 Å². The Balaban J connectivity index is 3.58. The Kier molecular flexibility index (Phi) is 20.9. The molecule has 0 aromatic rings. The number of hydrogen-bond donors (Lipinski definition) is 6. The van der Waals surface area contributed by atoms with Gasteiger partial charge in [-0.2, -0.15) is 0 Å². The standard InChI is InChI=1S/C37H68N6O8/c1-10-12-13-14-15-16-17-18-19-29-24(6)36(49)43(9)28(20-22(3)4)33(46)41-30(23(5)11-2)34(47)40-27(21-38)32(45)42-31(26(8)44)35(48)39-25(7)37(50)51-29/h22-31,44H,10-21,38H2,1-9H3,(H,39,48)(H,40,47)(H,41,46)(H,42,45)/t23?,24-,25+,26?,27+,28+,29-,30+,31+/m1/s1. The van der Waals surface area contributed by atoms with Gasteiger partial charge in [0.2, 0.25) is 29.5 Å². The summed E-state index contributed by atoms with van der Waals surface area (Å²) in [5, 5.41) is 20.7. The molecule has 0 spiro atoms. The van der Waals surface area contributed by atoms with Crippen molar-refractivity contribution in [3.8, 4) is 0 Å². The molecule has 2 unspecified atom stereocenters. The minimum absolute atomic E-state index is 0.00591. The number of cyclic esters (lactones) is 1. The van der Waals surface area contributed by atoms with E-state index in [0.717, 1.165) is 25.7 Å². The summed E-state index contributed by atoms with van der Waals surface area (Å²) in [6.45, 7) is 13.7. The number of unbranched alkanes of at least 4 members (excludes halogenated alkanes) is 7. The molecule has 51 heavy (non-hydrogen) atoms. The lowest BCUT2D eigenvalue weighted by molar-refractivity contribution is -0.160. The van der Waals surface area contributed by atoms with Gasteiger partial charge in [-0.05, 0) is 44.9 Å². The van der Waals surface area contributed by atoms with Crippen molar-refractivity contribution in [1.29, 1.82) is 0 Å². The second-order valence-corrected chi connectivity index (χ2v) is 14.7. The molecule has 1 fully saturated rings. The summed E-state index contributed by atoms with van der Waals surface area (Å²) in [6, 6.07) is -6.02. The van der Waals surface area contributed by atoms with Gasteiger partial charge in [0.05, 0.1) is 12.0 Å². The maximum absolute atomic E-state index is 14.1. The number of nitrogens with one attached hydrogen (secondary N) is 4. The predicted molar refractivity (Wildman–Crippen MR) is 196 cm³/mol. The molecule has 1 saturated heterocycles. The number of aliphatic hydroxyl groups excluding tert-OH is 1. The van der Waals surface area contributed by atoms with E-state index >= 15 is 0 Å². The molecule has 0 saturated carbocycles. The number of hydrogen-bond acceptors (Lipinski definition) is 9. The van der Waals surface area contributed by atoms with Crippen LogP contribution < -0.4 is 27.0 Å². The van der Waals surface area contributed by atoms with Crippen molar-refractivity contribution in [3.63, 3.8) is 0 Å². The van der Waals surface area contributed by atoms with Gasteiger partial charge < -0.3 is 41.7 Å². The summed E-state index contributed by atoms with van der Waals surface area (Å²) in [4.78, 5) is 83.0. The van der Waals surface area contributed by atoms with E-state index in [-0.39, 0.29) is 18.4 Å². The van der Waals surface area contributed by atoms with Gasteiger partial charge in [-0.3, -0.25) is 24.0 Å². The fraction of sp³-hybridized carbons (Fsp3) is 0.838. The lowest BCUT2D eigenvalue weighted by Gasteiger charge is -2.34. The first-order valence-electron chi connectivity index (χ1n) is 19.1. The van der Waals surface area contributed by atoms with E-state index in [9.17, 15) is 33.9 Å². The van der Waals surface area contributed by atoms with Crippen molar-refractivity contribution in [2.24, 2.45) is 23.5 Å². The van der Waals surface area contributed by atoms with Gasteiger partial charge in [0.15, 0.2) is 0 Å². The van der Waals surface area contributed by atoms with Crippen LogP contribution in [0, 0.1) is 17.8 Å². The largest absolute Gasteiger partial charge is 0.460 e. The molecule has 1 heterocycles. The highest BCUT2D eigenvalue weighted by molar-refractivity contribution is 5.96. The maximum Gasteiger partial charge on any atom is 0.328 e. The molecule has 0 bridgehead atoms. The second-order valence-electron chi connectivity index (χ2n) is 14.7. The molecule has 0 aromatic carbocycles. The SMILES string of the molecule is CCCCCCCCCC[C@H]1OC(=O)[C@H](C)NC(=O)[C@H](C(C)O)NC(=O)[C@H](CN)NC(=O)[C@H](C(C)CC)NC(=O)[C@H](CC(C)C)N(C)C(=O)[C@@H]1C. The molecule has 5 amide bonds. The number of amides is 5. The number of nitrogens with two attached hydrogens (primary N) is 1. The Bertz CT molecular complexity index is 1130. The van der Waals surface area contributed by atoms with Crippen LogP contribution in [0.1, 0.15) is 126 Å². The van der Waals surface area contributed by atoms with Gasteiger partial charge in [-0.15, -0.1) is 0 Å². The summed E-state index contributed by atoms with van der Waals surface area (Å²) in [7, 11) is 1.54. The number of aliphatic hydroxyl groups is 1. The first kappa shape index (κ1) is 45.8. The van der Waals surface area contributed by atoms with Crippen LogP contribution in [0.4, 0.5) is 0 Å². The van der Waals surface area contributed by atoms with Crippen LogP contribution in [0.5, 0.6) is 0 Å². The minimum atomic E-state index is -1.50. The van der Waals surface area contributed by atoms with Gasteiger partial charge >= 0.3 is 5.97 Å². The monoisotopic (exact) mass is 725 g/mol. The minimum Gasteiger partial charge on any atom is -0.460 e. The molecule has 0 aromatic heterocycles. The normalized spacial score (nSPS) is 27.7. The highest BCUT2D eigenvalue weighted by atomic mass is 16.5. The number of carbonyl (C=O) groups is 6. The lowest BCUT2D eigenvalue weighted by atomic mass is 9.94. The average Bonchev–Trinajstić information content (AvgIpc) is 3.08. The van der Waals surface area contributed by atoms with Crippen LogP contribution in [-0.2, 0) is 33.5 Å². The molecule has 1 rings (SSSR count). The summed E-state index contributed by atoms with van der Waals surface area (Å²) >= 11 is 0. The Hall–Kier alpha value is -3.26. The van der Waals surface area contributed by atoms with Crippen molar-refractivity contribution in [2.45, 2.75) is 168 Å². The summed E-state index contributed by atoms with van der Waals surface area (Å²) < 4.78 is 5.92.